The number of halogens is 3. The fourth-order valence-corrected chi connectivity index (χ4v) is 3.64. The van der Waals surface area contributed by atoms with Crippen LogP contribution in [0.5, 0.6) is 0 Å². The number of hydrogen-bond acceptors (Lipinski definition) is 2. The van der Waals surface area contributed by atoms with Crippen molar-refractivity contribution in [3.63, 3.8) is 0 Å². The average molecular weight is 306 g/mol. The molecule has 1 saturated heterocycles. The Morgan fingerprint density at radius 3 is 2.38 bits per heavy atom. The van der Waals surface area contributed by atoms with Gasteiger partial charge < -0.3 is 10.2 Å². The highest BCUT2D eigenvalue weighted by Gasteiger charge is 2.48. The third-order valence-electron chi connectivity index (χ3n) is 4.87. The van der Waals surface area contributed by atoms with Crippen molar-refractivity contribution in [1.82, 2.24) is 10.2 Å². The van der Waals surface area contributed by atoms with Gasteiger partial charge in [0.2, 0.25) is 5.91 Å². The van der Waals surface area contributed by atoms with Gasteiger partial charge in [-0.15, -0.1) is 0 Å². The van der Waals surface area contributed by atoms with Crippen LogP contribution in [0.2, 0.25) is 0 Å². The molecule has 2 aliphatic rings. The third kappa shape index (κ3) is 4.34. The average Bonchev–Trinajstić information content (AvgIpc) is 2.46. The van der Waals surface area contributed by atoms with E-state index in [1.165, 1.54) is 0 Å². The molecule has 21 heavy (non-hydrogen) atoms. The van der Waals surface area contributed by atoms with E-state index in [9.17, 15) is 18.0 Å². The van der Waals surface area contributed by atoms with Gasteiger partial charge in [0.05, 0.1) is 5.92 Å². The van der Waals surface area contributed by atoms with Gasteiger partial charge in [-0.3, -0.25) is 4.79 Å². The number of carbonyl (C=O) groups is 1. The van der Waals surface area contributed by atoms with Crippen LogP contribution >= 0.6 is 0 Å². The van der Waals surface area contributed by atoms with E-state index in [1.54, 1.807) is 11.9 Å². The Hall–Kier alpha value is -0.780. The van der Waals surface area contributed by atoms with Gasteiger partial charge in [-0.05, 0) is 44.7 Å². The van der Waals surface area contributed by atoms with Crippen molar-refractivity contribution in [3.05, 3.63) is 0 Å². The second-order valence-corrected chi connectivity index (χ2v) is 6.45. The molecule has 1 aliphatic heterocycles. The van der Waals surface area contributed by atoms with Gasteiger partial charge in [-0.2, -0.15) is 13.2 Å². The lowest BCUT2D eigenvalue weighted by Crippen LogP contribution is -2.45. The van der Waals surface area contributed by atoms with Crippen LogP contribution in [0.15, 0.2) is 0 Å². The summed E-state index contributed by atoms with van der Waals surface area (Å²) in [6.45, 7) is 2.45. The molecule has 0 bridgehead atoms. The van der Waals surface area contributed by atoms with Crippen LogP contribution in [0.1, 0.15) is 38.5 Å². The maximum atomic E-state index is 13.1. The smallest absolute Gasteiger partial charge is 0.345 e. The minimum absolute atomic E-state index is 0.0983. The lowest BCUT2D eigenvalue weighted by molar-refractivity contribution is -0.200. The van der Waals surface area contributed by atoms with Crippen LogP contribution in [-0.4, -0.2) is 43.7 Å². The quantitative estimate of drug-likeness (QED) is 0.869. The first-order chi connectivity index (χ1) is 9.89. The molecule has 3 nitrogen and oxygen atoms in total. The van der Waals surface area contributed by atoms with E-state index in [2.05, 4.69) is 5.32 Å². The number of rotatable bonds is 3. The Labute approximate surface area is 124 Å². The fraction of sp³-hybridized carbons (Fsp3) is 0.933. The standard InChI is InChI=1S/C15H25F3N2O/c1-20(10-11-6-8-19-9-7-11)14(21)12-4-2-3-5-13(12)15(16,17)18/h11-13,19H,2-10H2,1H3. The highest BCUT2D eigenvalue weighted by Crippen LogP contribution is 2.42. The van der Waals surface area contributed by atoms with Gasteiger partial charge >= 0.3 is 6.18 Å². The van der Waals surface area contributed by atoms with Crippen LogP contribution in [-0.2, 0) is 4.79 Å². The summed E-state index contributed by atoms with van der Waals surface area (Å²) < 4.78 is 39.3. The number of nitrogens with zero attached hydrogens (tertiary/aromatic N) is 1. The van der Waals surface area contributed by atoms with Crippen LogP contribution in [0.25, 0.3) is 0 Å². The van der Waals surface area contributed by atoms with Crippen molar-refractivity contribution < 1.29 is 18.0 Å². The zero-order chi connectivity index (χ0) is 15.5. The van der Waals surface area contributed by atoms with Crippen molar-refractivity contribution >= 4 is 5.91 Å². The zero-order valence-electron chi connectivity index (χ0n) is 12.6. The van der Waals surface area contributed by atoms with Crippen LogP contribution in [0.4, 0.5) is 13.2 Å². The van der Waals surface area contributed by atoms with E-state index in [0.29, 0.717) is 25.3 Å². The van der Waals surface area contributed by atoms with E-state index in [-0.39, 0.29) is 12.3 Å². The van der Waals surface area contributed by atoms with E-state index in [4.69, 9.17) is 0 Å². The van der Waals surface area contributed by atoms with Gasteiger partial charge in [0.1, 0.15) is 0 Å². The molecular weight excluding hydrogens is 281 g/mol. The Morgan fingerprint density at radius 1 is 1.14 bits per heavy atom. The summed E-state index contributed by atoms with van der Waals surface area (Å²) >= 11 is 0. The van der Waals surface area contributed by atoms with Crippen molar-refractivity contribution in [2.75, 3.05) is 26.7 Å². The predicted molar refractivity (Wildman–Crippen MR) is 74.7 cm³/mol. The SMILES string of the molecule is CN(CC1CCNCC1)C(=O)C1CCCCC1C(F)(F)F. The fourth-order valence-electron chi connectivity index (χ4n) is 3.64. The molecule has 1 N–H and O–H groups in total. The molecule has 0 aromatic heterocycles. The summed E-state index contributed by atoms with van der Waals surface area (Å²) in [5, 5.41) is 3.26. The van der Waals surface area contributed by atoms with Gasteiger partial charge in [0.25, 0.3) is 0 Å². The minimum Gasteiger partial charge on any atom is -0.345 e. The molecule has 0 radical (unpaired) electrons. The number of alkyl halides is 3. The number of carbonyl (C=O) groups excluding carboxylic acids is 1. The lowest BCUT2D eigenvalue weighted by atomic mass is 9.78. The molecule has 0 spiro atoms. The van der Waals surface area contributed by atoms with Crippen molar-refractivity contribution in [2.24, 2.45) is 17.8 Å². The molecule has 2 fully saturated rings. The molecule has 2 unspecified atom stereocenters. The summed E-state index contributed by atoms with van der Waals surface area (Å²) in [5.41, 5.74) is 0. The molecule has 1 aliphatic carbocycles. The summed E-state index contributed by atoms with van der Waals surface area (Å²) in [6.07, 6.45) is -0.497. The number of nitrogens with one attached hydrogen (secondary N) is 1. The van der Waals surface area contributed by atoms with Crippen LogP contribution in [0, 0.1) is 17.8 Å². The van der Waals surface area contributed by atoms with Gasteiger partial charge in [-0.25, -0.2) is 0 Å². The third-order valence-corrected chi connectivity index (χ3v) is 4.87. The largest absolute Gasteiger partial charge is 0.392 e. The molecule has 122 valence electrons. The molecule has 1 amide bonds. The lowest BCUT2D eigenvalue weighted by Gasteiger charge is -2.36. The van der Waals surface area contributed by atoms with Crippen molar-refractivity contribution in [1.29, 1.82) is 0 Å². The topological polar surface area (TPSA) is 32.3 Å². The first kappa shape index (κ1) is 16.6. The molecule has 1 saturated carbocycles. The van der Waals surface area contributed by atoms with Crippen LogP contribution < -0.4 is 5.32 Å². The molecule has 2 atom stereocenters. The highest BCUT2D eigenvalue weighted by molar-refractivity contribution is 5.79. The molecule has 0 aromatic rings. The highest BCUT2D eigenvalue weighted by atomic mass is 19.4. The van der Waals surface area contributed by atoms with E-state index in [0.717, 1.165) is 32.4 Å². The number of piperidine rings is 1. The summed E-state index contributed by atoms with van der Waals surface area (Å²) in [7, 11) is 1.66. The molecule has 0 aromatic carbocycles. The Morgan fingerprint density at radius 2 is 1.76 bits per heavy atom. The van der Waals surface area contributed by atoms with E-state index < -0.39 is 18.0 Å². The molecule has 1 heterocycles. The van der Waals surface area contributed by atoms with Crippen LogP contribution in [0.3, 0.4) is 0 Å². The van der Waals surface area contributed by atoms with Gasteiger partial charge in [0.15, 0.2) is 0 Å². The maximum Gasteiger partial charge on any atom is 0.392 e. The Balaban J connectivity index is 1.95. The van der Waals surface area contributed by atoms with Gasteiger partial charge in [0, 0.05) is 19.5 Å². The van der Waals surface area contributed by atoms with Gasteiger partial charge in [-0.1, -0.05) is 12.8 Å². The van der Waals surface area contributed by atoms with Crippen molar-refractivity contribution in [3.8, 4) is 0 Å². The Kier molecular flexibility index (Phi) is 5.52. The first-order valence-corrected chi connectivity index (χ1v) is 7.92. The van der Waals surface area contributed by atoms with E-state index >= 15 is 0 Å². The summed E-state index contributed by atoms with van der Waals surface area (Å²) in [4.78, 5) is 14.0. The number of hydrogen-bond donors (Lipinski definition) is 1. The first-order valence-electron chi connectivity index (χ1n) is 7.92. The normalized spacial score (nSPS) is 28.4. The minimum atomic E-state index is -4.25. The summed E-state index contributed by atoms with van der Waals surface area (Å²) in [6, 6.07) is 0. The number of amides is 1. The molecular formula is C15H25F3N2O. The second kappa shape index (κ2) is 6.99. The molecule has 6 heteroatoms. The predicted octanol–water partition coefficient (Wildman–Crippen LogP) is 2.81. The van der Waals surface area contributed by atoms with E-state index in [1.807, 2.05) is 0 Å². The maximum absolute atomic E-state index is 13.1. The monoisotopic (exact) mass is 306 g/mol. The Bertz CT molecular complexity index is 353. The summed E-state index contributed by atoms with van der Waals surface area (Å²) in [5.74, 6) is -2.22. The zero-order valence-corrected chi connectivity index (χ0v) is 12.6. The second-order valence-electron chi connectivity index (χ2n) is 6.45. The van der Waals surface area contributed by atoms with Crippen molar-refractivity contribution in [2.45, 2.75) is 44.7 Å². The molecule has 2 rings (SSSR count).